The van der Waals surface area contributed by atoms with Crippen LogP contribution in [-0.2, 0) is 0 Å². The molecule has 0 aliphatic carbocycles. The lowest BCUT2D eigenvalue weighted by atomic mass is 10.1. The molecule has 1 rings (SSSR count). The van der Waals surface area contributed by atoms with Crippen LogP contribution in [-0.4, -0.2) is 12.5 Å². The number of unbranched alkanes of at least 4 members (excludes halogenated alkanes) is 10. The Bertz CT molecular complexity index is 375. The zero-order chi connectivity index (χ0) is 15.9. The smallest absolute Gasteiger partial charge is 0.251 e. The maximum absolute atomic E-state index is 11.8. The molecule has 0 aromatic heterocycles. The Kier molecular flexibility index (Phi) is 11.4. The van der Waals surface area contributed by atoms with Gasteiger partial charge in [-0.1, -0.05) is 89.3 Å². The van der Waals surface area contributed by atoms with Gasteiger partial charge in [-0.25, -0.2) is 0 Å². The quantitative estimate of drug-likeness (QED) is 0.463. The first-order chi connectivity index (χ1) is 10.8. The Morgan fingerprint density at radius 3 is 1.82 bits per heavy atom. The Morgan fingerprint density at radius 1 is 0.773 bits per heavy atom. The van der Waals surface area contributed by atoms with Gasteiger partial charge in [0.05, 0.1) is 0 Å². The topological polar surface area (TPSA) is 29.1 Å². The van der Waals surface area contributed by atoms with E-state index >= 15 is 0 Å². The molecular formula is C20H33NO. The maximum Gasteiger partial charge on any atom is 0.251 e. The van der Waals surface area contributed by atoms with Gasteiger partial charge in [-0.05, 0) is 18.6 Å². The van der Waals surface area contributed by atoms with Crippen molar-refractivity contribution in [2.75, 3.05) is 6.54 Å². The standard InChI is InChI=1S/C20H33NO/c1-2-3-4-5-6-7-8-9-10-11-15-18-21-20(22)19-16-13-12-14-17-19/h12-14,16-17H,2-11,15,18H2,1H3,(H,21,22). The molecule has 0 bridgehead atoms. The van der Waals surface area contributed by atoms with E-state index in [1.165, 1.54) is 64.2 Å². The van der Waals surface area contributed by atoms with Gasteiger partial charge in [-0.2, -0.15) is 0 Å². The number of carbonyl (C=O) groups is 1. The minimum atomic E-state index is 0.0488. The van der Waals surface area contributed by atoms with Crippen LogP contribution in [0.3, 0.4) is 0 Å². The van der Waals surface area contributed by atoms with E-state index in [1.54, 1.807) is 0 Å². The molecule has 0 saturated heterocycles. The van der Waals surface area contributed by atoms with Crippen LogP contribution in [0.2, 0.25) is 0 Å². The van der Waals surface area contributed by atoms with Crippen molar-refractivity contribution >= 4 is 5.91 Å². The van der Waals surface area contributed by atoms with Crippen LogP contribution in [0.4, 0.5) is 0 Å². The fraction of sp³-hybridized carbons (Fsp3) is 0.650. The minimum absolute atomic E-state index is 0.0488. The summed E-state index contributed by atoms with van der Waals surface area (Å²) in [4.78, 5) is 11.8. The minimum Gasteiger partial charge on any atom is -0.352 e. The van der Waals surface area contributed by atoms with Gasteiger partial charge in [0.15, 0.2) is 0 Å². The number of benzene rings is 1. The number of hydrogen-bond acceptors (Lipinski definition) is 1. The lowest BCUT2D eigenvalue weighted by Crippen LogP contribution is -2.24. The van der Waals surface area contributed by atoms with Gasteiger partial charge in [0.1, 0.15) is 0 Å². The Balaban J connectivity index is 1.85. The van der Waals surface area contributed by atoms with Crippen LogP contribution >= 0.6 is 0 Å². The first-order valence-corrected chi connectivity index (χ1v) is 9.18. The van der Waals surface area contributed by atoms with E-state index in [9.17, 15) is 4.79 Å². The van der Waals surface area contributed by atoms with Gasteiger partial charge in [-0.3, -0.25) is 4.79 Å². The van der Waals surface area contributed by atoms with E-state index in [2.05, 4.69) is 12.2 Å². The average molecular weight is 303 g/mol. The van der Waals surface area contributed by atoms with Gasteiger partial charge < -0.3 is 5.32 Å². The molecule has 124 valence electrons. The van der Waals surface area contributed by atoms with E-state index in [0.717, 1.165) is 18.5 Å². The summed E-state index contributed by atoms with van der Waals surface area (Å²) < 4.78 is 0. The first-order valence-electron chi connectivity index (χ1n) is 9.18. The highest BCUT2D eigenvalue weighted by Gasteiger charge is 2.02. The summed E-state index contributed by atoms with van der Waals surface area (Å²) in [5.74, 6) is 0.0488. The summed E-state index contributed by atoms with van der Waals surface area (Å²) in [5.41, 5.74) is 0.755. The Morgan fingerprint density at radius 2 is 1.27 bits per heavy atom. The Hall–Kier alpha value is -1.31. The average Bonchev–Trinajstić information content (AvgIpc) is 2.56. The molecule has 0 saturated carbocycles. The highest BCUT2D eigenvalue weighted by Crippen LogP contribution is 2.11. The van der Waals surface area contributed by atoms with Crippen molar-refractivity contribution in [3.8, 4) is 0 Å². The molecule has 1 aromatic carbocycles. The van der Waals surface area contributed by atoms with E-state index in [4.69, 9.17) is 0 Å². The molecule has 0 fully saturated rings. The molecule has 0 aliphatic rings. The van der Waals surface area contributed by atoms with Crippen molar-refractivity contribution in [1.29, 1.82) is 0 Å². The van der Waals surface area contributed by atoms with Crippen LogP contribution in [0.5, 0.6) is 0 Å². The van der Waals surface area contributed by atoms with Gasteiger partial charge in [0, 0.05) is 12.1 Å². The van der Waals surface area contributed by atoms with Crippen LogP contribution in [0.1, 0.15) is 87.9 Å². The molecule has 0 radical (unpaired) electrons. The van der Waals surface area contributed by atoms with Crippen molar-refractivity contribution in [3.63, 3.8) is 0 Å². The van der Waals surface area contributed by atoms with E-state index in [0.29, 0.717) is 0 Å². The number of rotatable bonds is 13. The highest BCUT2D eigenvalue weighted by molar-refractivity contribution is 5.94. The number of nitrogens with one attached hydrogen (secondary N) is 1. The fourth-order valence-electron chi connectivity index (χ4n) is 2.68. The SMILES string of the molecule is CCCCCCCCCCCCCNC(=O)c1ccccc1. The summed E-state index contributed by atoms with van der Waals surface area (Å²) >= 11 is 0. The second kappa shape index (κ2) is 13.4. The van der Waals surface area contributed by atoms with Crippen molar-refractivity contribution in [1.82, 2.24) is 5.32 Å². The summed E-state index contributed by atoms with van der Waals surface area (Å²) in [7, 11) is 0. The predicted octanol–water partition coefficient (Wildman–Crippen LogP) is 5.73. The normalized spacial score (nSPS) is 10.6. The first kappa shape index (κ1) is 18.7. The number of hydrogen-bond donors (Lipinski definition) is 1. The zero-order valence-corrected chi connectivity index (χ0v) is 14.3. The molecule has 1 amide bonds. The molecule has 2 heteroatoms. The molecule has 1 N–H and O–H groups in total. The second-order valence-electron chi connectivity index (χ2n) is 6.16. The van der Waals surface area contributed by atoms with Crippen LogP contribution in [0.25, 0.3) is 0 Å². The molecule has 0 spiro atoms. The number of amides is 1. The van der Waals surface area contributed by atoms with E-state index in [-0.39, 0.29) is 5.91 Å². The van der Waals surface area contributed by atoms with Crippen molar-refractivity contribution in [3.05, 3.63) is 35.9 Å². The summed E-state index contributed by atoms with van der Waals surface area (Å²) in [5, 5.41) is 2.99. The van der Waals surface area contributed by atoms with Crippen molar-refractivity contribution in [2.24, 2.45) is 0 Å². The lowest BCUT2D eigenvalue weighted by Gasteiger charge is -2.05. The van der Waals surface area contributed by atoms with E-state index in [1.807, 2.05) is 30.3 Å². The maximum atomic E-state index is 11.8. The van der Waals surface area contributed by atoms with Crippen LogP contribution in [0, 0.1) is 0 Å². The summed E-state index contributed by atoms with van der Waals surface area (Å²) in [6.45, 7) is 3.06. The molecule has 0 aliphatic heterocycles. The molecule has 22 heavy (non-hydrogen) atoms. The zero-order valence-electron chi connectivity index (χ0n) is 14.3. The molecule has 2 nitrogen and oxygen atoms in total. The molecule has 1 aromatic rings. The molecule has 0 heterocycles. The third kappa shape index (κ3) is 9.59. The molecule has 0 unspecified atom stereocenters. The lowest BCUT2D eigenvalue weighted by molar-refractivity contribution is 0.0953. The molecule has 0 atom stereocenters. The monoisotopic (exact) mass is 303 g/mol. The van der Waals surface area contributed by atoms with Crippen LogP contribution < -0.4 is 5.32 Å². The third-order valence-electron chi connectivity index (χ3n) is 4.10. The van der Waals surface area contributed by atoms with Gasteiger partial charge in [0.25, 0.3) is 5.91 Å². The molecular weight excluding hydrogens is 270 g/mol. The summed E-state index contributed by atoms with van der Waals surface area (Å²) in [6.07, 6.45) is 14.7. The predicted molar refractivity (Wildman–Crippen MR) is 95.2 cm³/mol. The summed E-state index contributed by atoms with van der Waals surface area (Å²) in [6, 6.07) is 9.45. The van der Waals surface area contributed by atoms with Gasteiger partial charge in [-0.15, -0.1) is 0 Å². The Labute approximate surface area is 136 Å². The van der Waals surface area contributed by atoms with Crippen molar-refractivity contribution in [2.45, 2.75) is 77.6 Å². The fourth-order valence-corrected chi connectivity index (χ4v) is 2.68. The van der Waals surface area contributed by atoms with Gasteiger partial charge >= 0.3 is 0 Å². The second-order valence-corrected chi connectivity index (χ2v) is 6.16. The van der Waals surface area contributed by atoms with Crippen molar-refractivity contribution < 1.29 is 4.79 Å². The van der Waals surface area contributed by atoms with E-state index < -0.39 is 0 Å². The number of carbonyl (C=O) groups excluding carboxylic acids is 1. The van der Waals surface area contributed by atoms with Crippen LogP contribution in [0.15, 0.2) is 30.3 Å². The largest absolute Gasteiger partial charge is 0.352 e. The van der Waals surface area contributed by atoms with Gasteiger partial charge in [0.2, 0.25) is 0 Å². The third-order valence-corrected chi connectivity index (χ3v) is 4.10. The highest BCUT2D eigenvalue weighted by atomic mass is 16.1.